The first kappa shape index (κ1) is 9.85. The van der Waals surface area contributed by atoms with Crippen LogP contribution in [0.4, 0.5) is 0 Å². The lowest BCUT2D eigenvalue weighted by Crippen LogP contribution is -2.66. The summed E-state index contributed by atoms with van der Waals surface area (Å²) >= 11 is 0. The fourth-order valence-electron chi connectivity index (χ4n) is 2.72. The summed E-state index contributed by atoms with van der Waals surface area (Å²) in [5.41, 5.74) is 3.75. The van der Waals surface area contributed by atoms with Crippen molar-refractivity contribution in [3.63, 3.8) is 0 Å². The number of carbonyl (C=O) groups is 1. The predicted molar refractivity (Wildman–Crippen MR) is 44.2 cm³/mol. The molecule has 0 unspecified atom stereocenters. The van der Waals surface area contributed by atoms with Gasteiger partial charge < -0.3 is 26.2 Å². The van der Waals surface area contributed by atoms with Crippen molar-refractivity contribution in [2.75, 3.05) is 0 Å². The minimum Gasteiger partial charge on any atom is -0.480 e. The van der Waals surface area contributed by atoms with Crippen LogP contribution in [-0.2, 0) is 4.79 Å². The molecule has 6 heteroatoms. The van der Waals surface area contributed by atoms with Gasteiger partial charge in [-0.1, -0.05) is 0 Å². The van der Waals surface area contributed by atoms with Crippen molar-refractivity contribution in [1.82, 2.24) is 0 Å². The molecule has 2 aliphatic carbocycles. The smallest absolute Gasteiger partial charge is 0.326 e. The van der Waals surface area contributed by atoms with Crippen LogP contribution in [0.5, 0.6) is 0 Å². The highest BCUT2D eigenvalue weighted by atomic mass is 16.4. The van der Waals surface area contributed by atoms with E-state index in [1.807, 2.05) is 0 Å². The number of aliphatic hydroxyl groups is 3. The first-order valence-corrected chi connectivity index (χ1v) is 4.47. The van der Waals surface area contributed by atoms with Gasteiger partial charge >= 0.3 is 5.97 Å². The Kier molecular flexibility index (Phi) is 1.87. The highest BCUT2D eigenvalue weighted by molar-refractivity contribution is 5.81. The van der Waals surface area contributed by atoms with Gasteiger partial charge in [0.25, 0.3) is 0 Å². The van der Waals surface area contributed by atoms with E-state index >= 15 is 0 Å². The van der Waals surface area contributed by atoms with Gasteiger partial charge in [-0.3, -0.25) is 4.79 Å². The van der Waals surface area contributed by atoms with E-state index in [9.17, 15) is 20.1 Å². The largest absolute Gasteiger partial charge is 0.480 e. The maximum Gasteiger partial charge on any atom is 0.326 e. The van der Waals surface area contributed by atoms with Crippen molar-refractivity contribution in [3.8, 4) is 0 Å². The van der Waals surface area contributed by atoms with Crippen LogP contribution in [0.15, 0.2) is 0 Å². The highest BCUT2D eigenvalue weighted by Crippen LogP contribution is 2.49. The van der Waals surface area contributed by atoms with Crippen LogP contribution in [0.25, 0.3) is 0 Å². The van der Waals surface area contributed by atoms with E-state index < -0.39 is 41.7 Å². The monoisotopic (exact) mass is 203 g/mol. The number of carboxylic acids is 1. The fraction of sp³-hybridized carbons (Fsp3) is 0.875. The zero-order valence-corrected chi connectivity index (χ0v) is 7.37. The number of aliphatic carboxylic acids is 1. The average Bonchev–Trinajstić information content (AvgIpc) is 2.54. The minimum absolute atomic E-state index is 0.256. The molecular formula is C8H13NO5. The molecule has 6 N–H and O–H groups in total. The molecule has 0 aromatic carbocycles. The molecule has 0 saturated heterocycles. The van der Waals surface area contributed by atoms with Crippen LogP contribution in [-0.4, -0.2) is 50.2 Å². The summed E-state index contributed by atoms with van der Waals surface area (Å²) in [6, 6.07) is 0. The van der Waals surface area contributed by atoms with Gasteiger partial charge in [-0.2, -0.15) is 0 Å². The molecule has 0 aliphatic heterocycles. The number of nitrogens with two attached hydrogens (primary N) is 1. The summed E-state index contributed by atoms with van der Waals surface area (Å²) in [7, 11) is 0. The molecule has 2 aliphatic rings. The Labute approximate surface area is 80.0 Å². The summed E-state index contributed by atoms with van der Waals surface area (Å²) in [6.07, 6.45) is -3.24. The Morgan fingerprint density at radius 3 is 2.29 bits per heavy atom. The predicted octanol–water partition coefficient (Wildman–Crippen LogP) is -2.50. The van der Waals surface area contributed by atoms with Crippen molar-refractivity contribution < 1.29 is 25.2 Å². The van der Waals surface area contributed by atoms with E-state index in [2.05, 4.69) is 0 Å². The van der Waals surface area contributed by atoms with Crippen molar-refractivity contribution >= 4 is 5.97 Å². The molecule has 6 nitrogen and oxygen atoms in total. The van der Waals surface area contributed by atoms with Gasteiger partial charge in [-0.05, 0) is 6.42 Å². The lowest BCUT2D eigenvalue weighted by Gasteiger charge is -2.38. The molecule has 2 fully saturated rings. The van der Waals surface area contributed by atoms with E-state index in [0.29, 0.717) is 0 Å². The number of hydrogen-bond donors (Lipinski definition) is 5. The molecule has 0 aromatic rings. The van der Waals surface area contributed by atoms with E-state index in [1.54, 1.807) is 0 Å². The third-order valence-corrected chi connectivity index (χ3v) is 3.61. The molecule has 2 saturated carbocycles. The average molecular weight is 203 g/mol. The standard InChI is InChI=1S/C8H13NO5/c9-8(7(13)14)3-1-2(6(8)12)4(10)5(3)11/h2-6,10-12H,1,9H2,(H,13,14)/t2-,3+,4+,5+,6-,8+/m1/s1. The lowest BCUT2D eigenvalue weighted by atomic mass is 9.77. The fourth-order valence-corrected chi connectivity index (χ4v) is 2.72. The van der Waals surface area contributed by atoms with E-state index in [1.165, 1.54) is 0 Å². The number of aliphatic hydroxyl groups excluding tert-OH is 3. The first-order chi connectivity index (χ1) is 6.40. The third-order valence-electron chi connectivity index (χ3n) is 3.61. The second-order valence-electron chi connectivity index (χ2n) is 4.17. The molecule has 0 spiro atoms. The first-order valence-electron chi connectivity index (χ1n) is 4.47. The number of carboxylic acid groups (broad SMARTS) is 1. The van der Waals surface area contributed by atoms with E-state index in [4.69, 9.17) is 10.8 Å². The van der Waals surface area contributed by atoms with Crippen LogP contribution in [0.3, 0.4) is 0 Å². The van der Waals surface area contributed by atoms with Crippen molar-refractivity contribution in [2.45, 2.75) is 30.3 Å². The van der Waals surface area contributed by atoms with Gasteiger partial charge in [-0.15, -0.1) is 0 Å². The minimum atomic E-state index is -1.82. The molecule has 2 bridgehead atoms. The molecule has 2 rings (SSSR count). The zero-order valence-electron chi connectivity index (χ0n) is 7.37. The maximum absolute atomic E-state index is 10.9. The molecule has 0 radical (unpaired) electrons. The lowest BCUT2D eigenvalue weighted by molar-refractivity contribution is -0.160. The van der Waals surface area contributed by atoms with Gasteiger partial charge in [0.2, 0.25) is 0 Å². The molecule has 14 heavy (non-hydrogen) atoms. The van der Waals surface area contributed by atoms with Crippen LogP contribution in [0, 0.1) is 11.8 Å². The maximum atomic E-state index is 10.9. The van der Waals surface area contributed by atoms with E-state index in [0.717, 1.165) is 0 Å². The summed E-state index contributed by atoms with van der Waals surface area (Å²) in [6.45, 7) is 0. The summed E-state index contributed by atoms with van der Waals surface area (Å²) < 4.78 is 0. The summed E-state index contributed by atoms with van der Waals surface area (Å²) in [5, 5.41) is 37.4. The Hall–Kier alpha value is -0.690. The Morgan fingerprint density at radius 2 is 1.86 bits per heavy atom. The number of hydrogen-bond acceptors (Lipinski definition) is 5. The van der Waals surface area contributed by atoms with E-state index in [-0.39, 0.29) is 6.42 Å². The third kappa shape index (κ3) is 0.864. The Morgan fingerprint density at radius 1 is 1.29 bits per heavy atom. The van der Waals surface area contributed by atoms with Crippen LogP contribution < -0.4 is 5.73 Å². The Bertz CT molecular complexity index is 283. The zero-order chi connectivity index (χ0) is 10.7. The quantitative estimate of drug-likeness (QED) is 0.321. The summed E-state index contributed by atoms with van der Waals surface area (Å²) in [5.74, 6) is -2.73. The van der Waals surface area contributed by atoms with Gasteiger partial charge in [0, 0.05) is 11.8 Å². The van der Waals surface area contributed by atoms with Crippen LogP contribution in [0.1, 0.15) is 6.42 Å². The summed E-state index contributed by atoms with van der Waals surface area (Å²) in [4.78, 5) is 10.9. The SMILES string of the molecule is N[C@]1(C(=O)O)[C@H](O)[C@@H]2C[C@H]1[C@H](O)[C@H]2O. The second-order valence-corrected chi connectivity index (χ2v) is 4.17. The molecule has 0 amide bonds. The van der Waals surface area contributed by atoms with Gasteiger partial charge in [0.15, 0.2) is 0 Å². The Balaban J connectivity index is 2.37. The normalized spacial score (nSPS) is 56.4. The van der Waals surface area contributed by atoms with Crippen molar-refractivity contribution in [2.24, 2.45) is 17.6 Å². The molecule has 0 aromatic heterocycles. The van der Waals surface area contributed by atoms with Gasteiger partial charge in [-0.25, -0.2) is 0 Å². The molecule has 80 valence electrons. The topological polar surface area (TPSA) is 124 Å². The molecular weight excluding hydrogens is 190 g/mol. The van der Waals surface area contributed by atoms with Crippen LogP contribution >= 0.6 is 0 Å². The van der Waals surface area contributed by atoms with Crippen molar-refractivity contribution in [1.29, 1.82) is 0 Å². The highest BCUT2D eigenvalue weighted by Gasteiger charge is 2.67. The molecule has 6 atom stereocenters. The molecule has 0 heterocycles. The second kappa shape index (κ2) is 2.66. The number of rotatable bonds is 1. The number of fused-ring (bicyclic) bond motifs is 2. The van der Waals surface area contributed by atoms with Crippen molar-refractivity contribution in [3.05, 3.63) is 0 Å². The van der Waals surface area contributed by atoms with Gasteiger partial charge in [0.05, 0.1) is 18.3 Å². The van der Waals surface area contributed by atoms with Crippen LogP contribution in [0.2, 0.25) is 0 Å². The van der Waals surface area contributed by atoms with Gasteiger partial charge in [0.1, 0.15) is 5.54 Å².